The number of benzene rings is 1. The number of esters is 1. The van der Waals surface area contributed by atoms with Crippen molar-refractivity contribution in [3.63, 3.8) is 0 Å². The Labute approximate surface area is 104 Å². The summed E-state index contributed by atoms with van der Waals surface area (Å²) in [6, 6.07) is 4.22. The Morgan fingerprint density at radius 2 is 2.18 bits per heavy atom. The summed E-state index contributed by atoms with van der Waals surface area (Å²) in [7, 11) is 0. The van der Waals surface area contributed by atoms with Crippen LogP contribution in [0.5, 0.6) is 11.5 Å². The molecule has 0 aliphatic rings. The van der Waals surface area contributed by atoms with E-state index in [-0.39, 0.29) is 11.5 Å². The number of phenolic OH excluding ortho intramolecular Hbond substituents is 2. The molecule has 1 rings (SSSR count). The van der Waals surface area contributed by atoms with Crippen LogP contribution in [-0.4, -0.2) is 22.8 Å². The summed E-state index contributed by atoms with van der Waals surface area (Å²) in [6.45, 7) is 3.78. The van der Waals surface area contributed by atoms with Gasteiger partial charge in [0, 0.05) is 6.08 Å². The van der Waals surface area contributed by atoms with E-state index in [1.807, 2.05) is 0 Å². The molecule has 5 heteroatoms. The van der Waals surface area contributed by atoms with Gasteiger partial charge in [0.1, 0.15) is 11.5 Å². The van der Waals surface area contributed by atoms with E-state index < -0.39 is 5.97 Å². The predicted octanol–water partition coefficient (Wildman–Crippen LogP) is 2.66. The SMILES string of the molecule is CCOC(=O)/C=C(\C)Sc1cc(O)ccc1O. The monoisotopic (exact) mass is 254 g/mol. The normalized spacial score (nSPS) is 11.3. The van der Waals surface area contributed by atoms with Gasteiger partial charge in [-0.3, -0.25) is 0 Å². The first-order valence-corrected chi connectivity index (χ1v) is 5.89. The first-order chi connectivity index (χ1) is 8.02. The molecule has 0 aromatic heterocycles. The minimum Gasteiger partial charge on any atom is -0.508 e. The van der Waals surface area contributed by atoms with Gasteiger partial charge in [-0.2, -0.15) is 0 Å². The zero-order chi connectivity index (χ0) is 12.8. The molecule has 1 aromatic rings. The molecule has 0 saturated carbocycles. The number of carbonyl (C=O) groups excluding carboxylic acids is 1. The minimum absolute atomic E-state index is 0.0596. The highest BCUT2D eigenvalue weighted by molar-refractivity contribution is 8.03. The van der Waals surface area contributed by atoms with Gasteiger partial charge in [-0.25, -0.2) is 4.79 Å². The van der Waals surface area contributed by atoms with Crippen molar-refractivity contribution in [2.45, 2.75) is 18.7 Å². The van der Waals surface area contributed by atoms with Crippen molar-refractivity contribution in [2.75, 3.05) is 6.61 Å². The molecule has 4 nitrogen and oxygen atoms in total. The van der Waals surface area contributed by atoms with Crippen LogP contribution < -0.4 is 0 Å². The smallest absolute Gasteiger partial charge is 0.331 e. The Balaban J connectivity index is 2.77. The molecule has 0 aliphatic heterocycles. The topological polar surface area (TPSA) is 66.8 Å². The predicted molar refractivity (Wildman–Crippen MR) is 66.0 cm³/mol. The van der Waals surface area contributed by atoms with E-state index in [1.54, 1.807) is 13.8 Å². The van der Waals surface area contributed by atoms with Crippen molar-refractivity contribution in [1.82, 2.24) is 0 Å². The third-order valence-corrected chi connectivity index (χ3v) is 2.81. The van der Waals surface area contributed by atoms with Crippen molar-refractivity contribution in [3.8, 4) is 11.5 Å². The average molecular weight is 254 g/mol. The fourth-order valence-corrected chi connectivity index (χ4v) is 1.99. The summed E-state index contributed by atoms with van der Waals surface area (Å²) in [5.74, 6) is -0.296. The zero-order valence-corrected chi connectivity index (χ0v) is 10.5. The lowest BCUT2D eigenvalue weighted by Gasteiger charge is -2.05. The third kappa shape index (κ3) is 4.40. The minimum atomic E-state index is -0.419. The number of aromatic hydroxyl groups is 2. The molecule has 0 aliphatic carbocycles. The number of ether oxygens (including phenoxy) is 1. The molecule has 17 heavy (non-hydrogen) atoms. The first kappa shape index (κ1) is 13.4. The highest BCUT2D eigenvalue weighted by Crippen LogP contribution is 2.35. The molecule has 92 valence electrons. The lowest BCUT2D eigenvalue weighted by molar-refractivity contribution is -0.137. The molecule has 0 heterocycles. The van der Waals surface area contributed by atoms with Crippen LogP contribution in [0.15, 0.2) is 34.1 Å². The van der Waals surface area contributed by atoms with Gasteiger partial charge in [0.2, 0.25) is 0 Å². The second kappa shape index (κ2) is 6.20. The van der Waals surface area contributed by atoms with Gasteiger partial charge in [0.05, 0.1) is 11.5 Å². The van der Waals surface area contributed by atoms with E-state index in [2.05, 4.69) is 0 Å². The molecule has 0 amide bonds. The number of hydrogen-bond acceptors (Lipinski definition) is 5. The summed E-state index contributed by atoms with van der Waals surface area (Å²) in [4.78, 5) is 12.3. The Hall–Kier alpha value is -1.62. The van der Waals surface area contributed by atoms with Gasteiger partial charge >= 0.3 is 5.97 Å². The standard InChI is InChI=1S/C12H14O4S/c1-3-16-12(15)6-8(2)17-11-7-9(13)4-5-10(11)14/h4-7,13-14H,3H2,1-2H3/b8-6+. The van der Waals surface area contributed by atoms with Crippen molar-refractivity contribution in [1.29, 1.82) is 0 Å². The molecule has 0 spiro atoms. The van der Waals surface area contributed by atoms with Gasteiger partial charge in [-0.1, -0.05) is 11.8 Å². The van der Waals surface area contributed by atoms with Gasteiger partial charge in [-0.15, -0.1) is 0 Å². The molecule has 2 N–H and O–H groups in total. The summed E-state index contributed by atoms with van der Waals surface area (Å²) in [5, 5.41) is 18.8. The summed E-state index contributed by atoms with van der Waals surface area (Å²) in [5.41, 5.74) is 0. The van der Waals surface area contributed by atoms with E-state index in [9.17, 15) is 15.0 Å². The molecule has 0 fully saturated rings. The lowest BCUT2D eigenvalue weighted by Crippen LogP contribution is -1.99. The van der Waals surface area contributed by atoms with Crippen LogP contribution in [0.4, 0.5) is 0 Å². The number of carbonyl (C=O) groups is 1. The molecule has 0 atom stereocenters. The van der Waals surface area contributed by atoms with Crippen LogP contribution in [0, 0.1) is 0 Å². The Kier molecular flexibility index (Phi) is 4.90. The quantitative estimate of drug-likeness (QED) is 0.374. The van der Waals surface area contributed by atoms with Crippen molar-refractivity contribution in [3.05, 3.63) is 29.2 Å². The van der Waals surface area contributed by atoms with Crippen LogP contribution in [0.25, 0.3) is 0 Å². The fourth-order valence-electron chi connectivity index (χ4n) is 1.14. The van der Waals surface area contributed by atoms with Gasteiger partial charge in [-0.05, 0) is 37.0 Å². The second-order valence-electron chi connectivity index (χ2n) is 3.26. The van der Waals surface area contributed by atoms with Crippen molar-refractivity contribution in [2.24, 2.45) is 0 Å². The Morgan fingerprint density at radius 3 is 2.82 bits per heavy atom. The van der Waals surface area contributed by atoms with Crippen LogP contribution in [0.1, 0.15) is 13.8 Å². The first-order valence-electron chi connectivity index (χ1n) is 5.07. The van der Waals surface area contributed by atoms with Gasteiger partial charge in [0.15, 0.2) is 0 Å². The highest BCUT2D eigenvalue weighted by Gasteiger charge is 2.06. The molecule has 0 saturated heterocycles. The molecule has 1 aromatic carbocycles. The van der Waals surface area contributed by atoms with Crippen molar-refractivity contribution < 1.29 is 19.7 Å². The third-order valence-electron chi connectivity index (χ3n) is 1.82. The molecule has 0 unspecified atom stereocenters. The number of rotatable bonds is 4. The van der Waals surface area contributed by atoms with Gasteiger partial charge < -0.3 is 14.9 Å². The Morgan fingerprint density at radius 1 is 1.47 bits per heavy atom. The maximum Gasteiger partial charge on any atom is 0.331 e. The van der Waals surface area contributed by atoms with Gasteiger partial charge in [0.25, 0.3) is 0 Å². The van der Waals surface area contributed by atoms with Crippen LogP contribution in [0.2, 0.25) is 0 Å². The number of hydrogen-bond donors (Lipinski definition) is 2. The van der Waals surface area contributed by atoms with E-state index in [4.69, 9.17) is 4.74 Å². The van der Waals surface area contributed by atoms with E-state index >= 15 is 0 Å². The van der Waals surface area contributed by atoms with Crippen molar-refractivity contribution >= 4 is 17.7 Å². The molecule has 0 bridgehead atoms. The highest BCUT2D eigenvalue weighted by atomic mass is 32.2. The van der Waals surface area contributed by atoms with Crippen LogP contribution in [0.3, 0.4) is 0 Å². The summed E-state index contributed by atoms with van der Waals surface area (Å²) < 4.78 is 4.76. The number of allylic oxidation sites excluding steroid dienone is 1. The molecular formula is C12H14O4S. The number of phenols is 2. The van der Waals surface area contributed by atoms with E-state index in [0.29, 0.717) is 16.4 Å². The summed E-state index contributed by atoms with van der Waals surface area (Å²) >= 11 is 1.19. The maximum atomic E-state index is 11.2. The largest absolute Gasteiger partial charge is 0.508 e. The average Bonchev–Trinajstić information content (AvgIpc) is 2.23. The Bertz CT molecular complexity index is 440. The van der Waals surface area contributed by atoms with Crippen LogP contribution in [-0.2, 0) is 9.53 Å². The number of thioether (sulfide) groups is 1. The fraction of sp³-hybridized carbons (Fsp3) is 0.250. The summed E-state index contributed by atoms with van der Waals surface area (Å²) in [6.07, 6.45) is 1.34. The van der Waals surface area contributed by atoms with Crippen LogP contribution >= 0.6 is 11.8 Å². The maximum absolute atomic E-state index is 11.2. The van der Waals surface area contributed by atoms with E-state index in [1.165, 1.54) is 36.0 Å². The molecular weight excluding hydrogens is 240 g/mol. The van der Waals surface area contributed by atoms with E-state index in [0.717, 1.165) is 0 Å². The lowest BCUT2D eigenvalue weighted by atomic mass is 10.3. The molecule has 0 radical (unpaired) electrons. The zero-order valence-electron chi connectivity index (χ0n) is 9.64. The second-order valence-corrected chi connectivity index (χ2v) is 4.55.